The molecule has 2 aromatic carbocycles. The Kier molecular flexibility index (Phi) is 4.19. The molecule has 0 aromatic heterocycles. The van der Waals surface area contributed by atoms with Crippen molar-refractivity contribution >= 4 is 33.2 Å². The fourth-order valence-corrected chi connectivity index (χ4v) is 2.00. The van der Waals surface area contributed by atoms with E-state index >= 15 is 0 Å². The maximum atomic E-state index is 13.0. The van der Waals surface area contributed by atoms with Crippen LogP contribution in [-0.4, -0.2) is 0 Å². The van der Waals surface area contributed by atoms with Crippen LogP contribution in [0.5, 0.6) is 0 Å². The lowest BCUT2D eigenvalue weighted by molar-refractivity contribution is 0.509. The van der Waals surface area contributed by atoms with E-state index in [-0.39, 0.29) is 0 Å². The first-order chi connectivity index (χ1) is 8.56. The van der Waals surface area contributed by atoms with Gasteiger partial charge in [-0.2, -0.15) is 0 Å². The summed E-state index contributed by atoms with van der Waals surface area (Å²) in [6.07, 6.45) is 0. The van der Waals surface area contributed by atoms with E-state index in [2.05, 4.69) is 21.2 Å². The van der Waals surface area contributed by atoms with Crippen molar-refractivity contribution in [2.45, 2.75) is 6.54 Å². The second-order valence-corrected chi connectivity index (χ2v) is 4.99. The molecule has 0 heterocycles. The Hall–Kier alpha value is -1.13. The van der Waals surface area contributed by atoms with Crippen LogP contribution in [-0.2, 0) is 6.54 Å². The van der Waals surface area contributed by atoms with Crippen LogP contribution in [0.4, 0.5) is 14.5 Å². The molecule has 0 aliphatic heterocycles. The first-order valence-corrected chi connectivity index (χ1v) is 6.36. The van der Waals surface area contributed by atoms with E-state index in [0.29, 0.717) is 17.3 Å². The molecule has 0 amide bonds. The highest BCUT2D eigenvalue weighted by Gasteiger charge is 2.03. The molecule has 0 unspecified atom stereocenters. The number of hydrogen-bond donors (Lipinski definition) is 1. The molecule has 0 bridgehead atoms. The van der Waals surface area contributed by atoms with E-state index < -0.39 is 11.6 Å². The Morgan fingerprint density at radius 1 is 1.06 bits per heavy atom. The lowest BCUT2D eigenvalue weighted by Gasteiger charge is -2.08. The summed E-state index contributed by atoms with van der Waals surface area (Å²) in [6, 6.07) is 9.21. The molecule has 1 nitrogen and oxygen atoms in total. The molecular formula is C13H9BrClF2N. The highest BCUT2D eigenvalue weighted by Crippen LogP contribution is 2.23. The standard InChI is InChI=1S/C13H9BrClF2N/c14-10-5-8(1-3-11(10)15)7-18-9-2-4-12(16)13(17)6-9/h1-6,18H,7H2. The Morgan fingerprint density at radius 3 is 2.50 bits per heavy atom. The van der Waals surface area contributed by atoms with Crippen molar-refractivity contribution in [2.24, 2.45) is 0 Å². The smallest absolute Gasteiger partial charge is 0.160 e. The number of rotatable bonds is 3. The molecule has 18 heavy (non-hydrogen) atoms. The van der Waals surface area contributed by atoms with Crippen molar-refractivity contribution in [1.82, 2.24) is 0 Å². The molecule has 0 spiro atoms. The van der Waals surface area contributed by atoms with Crippen LogP contribution in [0.15, 0.2) is 40.9 Å². The molecule has 0 radical (unpaired) electrons. The van der Waals surface area contributed by atoms with Gasteiger partial charge in [0.25, 0.3) is 0 Å². The van der Waals surface area contributed by atoms with Gasteiger partial charge in [-0.25, -0.2) is 8.78 Å². The number of nitrogens with one attached hydrogen (secondary N) is 1. The molecule has 0 fully saturated rings. The van der Waals surface area contributed by atoms with Gasteiger partial charge in [0, 0.05) is 22.8 Å². The summed E-state index contributed by atoms with van der Waals surface area (Å²) in [5.74, 6) is -1.72. The van der Waals surface area contributed by atoms with Gasteiger partial charge in [0.2, 0.25) is 0 Å². The zero-order chi connectivity index (χ0) is 13.1. The van der Waals surface area contributed by atoms with Crippen LogP contribution in [0, 0.1) is 11.6 Å². The first kappa shape index (κ1) is 13.3. The quantitative estimate of drug-likeness (QED) is 0.834. The summed E-state index contributed by atoms with van der Waals surface area (Å²) >= 11 is 9.20. The van der Waals surface area contributed by atoms with E-state index in [1.54, 1.807) is 6.07 Å². The Morgan fingerprint density at radius 2 is 1.83 bits per heavy atom. The number of halogens is 4. The summed E-state index contributed by atoms with van der Waals surface area (Å²) in [5, 5.41) is 3.64. The van der Waals surface area contributed by atoms with Crippen LogP contribution < -0.4 is 5.32 Å². The molecular weight excluding hydrogens is 324 g/mol. The molecule has 2 rings (SSSR count). The second kappa shape index (κ2) is 5.67. The van der Waals surface area contributed by atoms with Gasteiger partial charge in [-0.05, 0) is 45.8 Å². The molecule has 0 saturated heterocycles. The lowest BCUT2D eigenvalue weighted by atomic mass is 10.2. The van der Waals surface area contributed by atoms with Crippen LogP contribution >= 0.6 is 27.5 Å². The van der Waals surface area contributed by atoms with Crippen molar-refractivity contribution in [3.63, 3.8) is 0 Å². The van der Waals surface area contributed by atoms with E-state index in [4.69, 9.17) is 11.6 Å². The third-order valence-corrected chi connectivity index (χ3v) is 3.61. The minimum absolute atomic E-state index is 0.501. The topological polar surface area (TPSA) is 12.0 Å². The van der Waals surface area contributed by atoms with Gasteiger partial charge in [-0.3, -0.25) is 0 Å². The molecule has 94 valence electrons. The maximum Gasteiger partial charge on any atom is 0.160 e. The normalized spacial score (nSPS) is 10.4. The van der Waals surface area contributed by atoms with Crippen LogP contribution in [0.25, 0.3) is 0 Å². The molecule has 0 aliphatic rings. The summed E-state index contributed by atoms with van der Waals surface area (Å²) in [6.45, 7) is 0.501. The molecule has 1 N–H and O–H groups in total. The van der Waals surface area contributed by atoms with Gasteiger partial charge in [0.1, 0.15) is 0 Å². The van der Waals surface area contributed by atoms with Gasteiger partial charge in [0.05, 0.1) is 5.02 Å². The first-order valence-electron chi connectivity index (χ1n) is 5.19. The minimum atomic E-state index is -0.864. The fourth-order valence-electron chi connectivity index (χ4n) is 1.46. The molecule has 0 saturated carbocycles. The average molecular weight is 333 g/mol. The average Bonchev–Trinajstić information content (AvgIpc) is 2.35. The SMILES string of the molecule is Fc1ccc(NCc2ccc(Cl)c(Br)c2)cc1F. The van der Waals surface area contributed by atoms with E-state index in [9.17, 15) is 8.78 Å². The summed E-state index contributed by atoms with van der Waals surface area (Å²) in [4.78, 5) is 0. The van der Waals surface area contributed by atoms with Crippen LogP contribution in [0.3, 0.4) is 0 Å². The molecule has 5 heteroatoms. The zero-order valence-electron chi connectivity index (χ0n) is 9.18. The monoisotopic (exact) mass is 331 g/mol. The van der Waals surface area contributed by atoms with E-state index in [0.717, 1.165) is 22.2 Å². The molecule has 0 atom stereocenters. The maximum absolute atomic E-state index is 13.0. The van der Waals surface area contributed by atoms with Crippen LogP contribution in [0.2, 0.25) is 5.02 Å². The Bertz CT molecular complexity index is 523. The van der Waals surface area contributed by atoms with Crippen molar-refractivity contribution in [1.29, 1.82) is 0 Å². The van der Waals surface area contributed by atoms with Gasteiger partial charge < -0.3 is 5.32 Å². The summed E-state index contributed by atoms with van der Waals surface area (Å²) in [7, 11) is 0. The van der Waals surface area contributed by atoms with Gasteiger partial charge >= 0.3 is 0 Å². The third kappa shape index (κ3) is 3.21. The highest BCUT2D eigenvalue weighted by molar-refractivity contribution is 9.10. The minimum Gasteiger partial charge on any atom is -0.381 e. The second-order valence-electron chi connectivity index (χ2n) is 3.73. The van der Waals surface area contributed by atoms with Crippen molar-refractivity contribution in [3.05, 3.63) is 63.1 Å². The van der Waals surface area contributed by atoms with Gasteiger partial charge in [-0.15, -0.1) is 0 Å². The number of hydrogen-bond acceptors (Lipinski definition) is 1. The van der Waals surface area contributed by atoms with E-state index in [1.807, 2.05) is 12.1 Å². The van der Waals surface area contributed by atoms with Gasteiger partial charge in [-0.1, -0.05) is 17.7 Å². The summed E-state index contributed by atoms with van der Waals surface area (Å²) < 4.78 is 26.5. The van der Waals surface area contributed by atoms with Crippen molar-refractivity contribution in [3.8, 4) is 0 Å². The lowest BCUT2D eigenvalue weighted by Crippen LogP contribution is -2.00. The predicted octanol–water partition coefficient (Wildman–Crippen LogP) is 4.99. The fraction of sp³-hybridized carbons (Fsp3) is 0.0769. The number of benzene rings is 2. The summed E-state index contributed by atoms with van der Waals surface area (Å²) in [5.41, 5.74) is 1.51. The van der Waals surface area contributed by atoms with E-state index in [1.165, 1.54) is 6.07 Å². The van der Waals surface area contributed by atoms with Crippen molar-refractivity contribution in [2.75, 3.05) is 5.32 Å². The Labute approximate surface area is 117 Å². The number of anilines is 1. The largest absolute Gasteiger partial charge is 0.381 e. The predicted molar refractivity (Wildman–Crippen MR) is 72.8 cm³/mol. The van der Waals surface area contributed by atoms with Gasteiger partial charge in [0.15, 0.2) is 11.6 Å². The van der Waals surface area contributed by atoms with Crippen LogP contribution in [0.1, 0.15) is 5.56 Å². The molecule has 0 aliphatic carbocycles. The zero-order valence-corrected chi connectivity index (χ0v) is 11.5. The van der Waals surface area contributed by atoms with Crippen molar-refractivity contribution < 1.29 is 8.78 Å². The molecule has 2 aromatic rings. The third-order valence-electron chi connectivity index (χ3n) is 2.40. The Balaban J connectivity index is 2.06. The highest BCUT2D eigenvalue weighted by atomic mass is 79.9.